The molecule has 110 valence electrons. The summed E-state index contributed by atoms with van der Waals surface area (Å²) in [6, 6.07) is 12.5. The standard InChI is InChI=1S/C18H21ClN2/c1-13(2)11-15-12-16(19)21-17(20-15)18(9-6-10-18)14-7-4-3-5-8-14/h3-5,7-8,12-13H,6,9-11H2,1-2H3. The zero-order valence-electron chi connectivity index (χ0n) is 12.6. The van der Waals surface area contributed by atoms with Gasteiger partial charge in [-0.05, 0) is 36.8 Å². The lowest BCUT2D eigenvalue weighted by atomic mass is 9.64. The molecule has 2 nitrogen and oxygen atoms in total. The number of hydrogen-bond donors (Lipinski definition) is 0. The van der Waals surface area contributed by atoms with Gasteiger partial charge in [-0.25, -0.2) is 9.97 Å². The molecule has 1 saturated carbocycles. The SMILES string of the molecule is CC(C)Cc1cc(Cl)nc(C2(c3ccccc3)CCC2)n1. The third kappa shape index (κ3) is 2.82. The van der Waals surface area contributed by atoms with Crippen molar-refractivity contribution in [3.8, 4) is 0 Å². The molecule has 1 heterocycles. The first kappa shape index (κ1) is 14.5. The number of nitrogens with zero attached hydrogens (tertiary/aromatic N) is 2. The average molecular weight is 301 g/mol. The second-order valence-corrected chi connectivity index (χ2v) is 6.79. The monoisotopic (exact) mass is 300 g/mol. The van der Waals surface area contributed by atoms with Crippen LogP contribution in [0.1, 0.15) is 50.2 Å². The molecule has 1 aliphatic rings. The van der Waals surface area contributed by atoms with E-state index in [1.165, 1.54) is 12.0 Å². The molecule has 0 N–H and O–H groups in total. The second-order valence-electron chi connectivity index (χ2n) is 6.41. The largest absolute Gasteiger partial charge is 0.237 e. The maximum absolute atomic E-state index is 6.26. The van der Waals surface area contributed by atoms with E-state index in [9.17, 15) is 0 Å². The van der Waals surface area contributed by atoms with Crippen molar-refractivity contribution in [3.63, 3.8) is 0 Å². The lowest BCUT2D eigenvalue weighted by Gasteiger charge is -2.41. The third-order valence-corrected chi connectivity index (χ3v) is 4.52. The fourth-order valence-corrected chi connectivity index (χ4v) is 3.34. The molecule has 0 spiro atoms. The van der Waals surface area contributed by atoms with Crippen LogP contribution in [-0.4, -0.2) is 9.97 Å². The maximum atomic E-state index is 6.26. The van der Waals surface area contributed by atoms with Crippen molar-refractivity contribution >= 4 is 11.6 Å². The lowest BCUT2D eigenvalue weighted by Crippen LogP contribution is -2.37. The molecular formula is C18H21ClN2. The lowest BCUT2D eigenvalue weighted by molar-refractivity contribution is 0.284. The molecule has 0 atom stereocenters. The molecule has 0 radical (unpaired) electrons. The van der Waals surface area contributed by atoms with Crippen molar-refractivity contribution in [3.05, 3.63) is 58.6 Å². The molecule has 1 fully saturated rings. The Balaban J connectivity index is 2.03. The summed E-state index contributed by atoms with van der Waals surface area (Å²) in [4.78, 5) is 9.41. The number of benzene rings is 1. The van der Waals surface area contributed by atoms with Crippen LogP contribution in [0.15, 0.2) is 36.4 Å². The van der Waals surface area contributed by atoms with E-state index in [4.69, 9.17) is 16.6 Å². The van der Waals surface area contributed by atoms with Gasteiger partial charge in [-0.3, -0.25) is 0 Å². The van der Waals surface area contributed by atoms with E-state index in [2.05, 4.69) is 49.2 Å². The summed E-state index contributed by atoms with van der Waals surface area (Å²) in [5.74, 6) is 1.47. The summed E-state index contributed by atoms with van der Waals surface area (Å²) in [5.41, 5.74) is 2.34. The Bertz CT molecular complexity index is 618. The van der Waals surface area contributed by atoms with Crippen LogP contribution in [0.25, 0.3) is 0 Å². The number of aromatic nitrogens is 2. The van der Waals surface area contributed by atoms with Gasteiger partial charge < -0.3 is 0 Å². The van der Waals surface area contributed by atoms with E-state index < -0.39 is 0 Å². The van der Waals surface area contributed by atoms with E-state index in [1.807, 2.05) is 6.07 Å². The summed E-state index contributed by atoms with van der Waals surface area (Å²) >= 11 is 6.26. The fourth-order valence-electron chi connectivity index (χ4n) is 3.13. The number of hydrogen-bond acceptors (Lipinski definition) is 2. The van der Waals surface area contributed by atoms with Crippen LogP contribution < -0.4 is 0 Å². The van der Waals surface area contributed by atoms with Crippen LogP contribution in [0.4, 0.5) is 0 Å². The van der Waals surface area contributed by atoms with Crippen LogP contribution in [0, 0.1) is 5.92 Å². The van der Waals surface area contributed by atoms with Gasteiger partial charge in [0.15, 0.2) is 0 Å². The van der Waals surface area contributed by atoms with E-state index in [1.54, 1.807) is 0 Å². The van der Waals surface area contributed by atoms with Crippen LogP contribution in [0.3, 0.4) is 0 Å². The van der Waals surface area contributed by atoms with E-state index in [0.29, 0.717) is 11.1 Å². The number of rotatable bonds is 4. The molecule has 1 aromatic carbocycles. The second kappa shape index (κ2) is 5.76. The Hall–Kier alpha value is -1.41. The van der Waals surface area contributed by atoms with Gasteiger partial charge in [-0.2, -0.15) is 0 Å². The smallest absolute Gasteiger partial charge is 0.140 e. The van der Waals surface area contributed by atoms with Gasteiger partial charge in [0.1, 0.15) is 11.0 Å². The molecular weight excluding hydrogens is 280 g/mol. The van der Waals surface area contributed by atoms with Crippen molar-refractivity contribution in [1.29, 1.82) is 0 Å². The zero-order valence-corrected chi connectivity index (χ0v) is 13.4. The minimum Gasteiger partial charge on any atom is -0.237 e. The Kier molecular flexibility index (Phi) is 3.99. The zero-order chi connectivity index (χ0) is 14.9. The fraction of sp³-hybridized carbons (Fsp3) is 0.444. The van der Waals surface area contributed by atoms with Crippen molar-refractivity contribution in [2.75, 3.05) is 0 Å². The summed E-state index contributed by atoms with van der Waals surface area (Å²) < 4.78 is 0. The molecule has 21 heavy (non-hydrogen) atoms. The maximum Gasteiger partial charge on any atom is 0.140 e. The molecule has 0 aliphatic heterocycles. The molecule has 1 aromatic heterocycles. The van der Waals surface area contributed by atoms with Gasteiger partial charge in [-0.15, -0.1) is 0 Å². The van der Waals surface area contributed by atoms with Gasteiger partial charge in [0.05, 0.1) is 5.41 Å². The van der Waals surface area contributed by atoms with Gasteiger partial charge >= 0.3 is 0 Å². The summed E-state index contributed by atoms with van der Waals surface area (Å²) in [7, 11) is 0. The highest BCUT2D eigenvalue weighted by atomic mass is 35.5. The first-order valence-corrected chi connectivity index (χ1v) is 8.07. The molecule has 1 aliphatic carbocycles. The van der Waals surface area contributed by atoms with E-state index in [0.717, 1.165) is 30.8 Å². The highest BCUT2D eigenvalue weighted by Gasteiger charge is 2.43. The molecule has 2 aromatic rings. The first-order chi connectivity index (χ1) is 10.1. The molecule has 3 heteroatoms. The van der Waals surface area contributed by atoms with Gasteiger partial charge in [0.25, 0.3) is 0 Å². The van der Waals surface area contributed by atoms with E-state index >= 15 is 0 Å². The normalized spacial score (nSPS) is 16.8. The van der Waals surface area contributed by atoms with Crippen LogP contribution in [-0.2, 0) is 11.8 Å². The summed E-state index contributed by atoms with van der Waals surface area (Å²) in [6.45, 7) is 4.40. The molecule has 0 amide bonds. The number of halogens is 1. The topological polar surface area (TPSA) is 25.8 Å². The molecule has 0 bridgehead atoms. The van der Waals surface area contributed by atoms with Gasteiger partial charge in [-0.1, -0.05) is 62.2 Å². The van der Waals surface area contributed by atoms with Crippen LogP contribution in [0.2, 0.25) is 5.15 Å². The highest BCUT2D eigenvalue weighted by Crippen LogP contribution is 2.47. The predicted molar refractivity (Wildman–Crippen MR) is 86.7 cm³/mol. The Morgan fingerprint density at radius 2 is 1.86 bits per heavy atom. The quantitative estimate of drug-likeness (QED) is 0.758. The van der Waals surface area contributed by atoms with Crippen molar-refractivity contribution in [2.24, 2.45) is 5.92 Å². The van der Waals surface area contributed by atoms with Gasteiger partial charge in [0.2, 0.25) is 0 Å². The summed E-state index contributed by atoms with van der Waals surface area (Å²) in [6.07, 6.45) is 4.39. The van der Waals surface area contributed by atoms with Crippen molar-refractivity contribution in [1.82, 2.24) is 9.97 Å². The Morgan fingerprint density at radius 1 is 1.14 bits per heavy atom. The third-order valence-electron chi connectivity index (χ3n) is 4.33. The Morgan fingerprint density at radius 3 is 2.43 bits per heavy atom. The minimum atomic E-state index is -0.0299. The minimum absolute atomic E-state index is 0.0299. The van der Waals surface area contributed by atoms with Crippen molar-refractivity contribution in [2.45, 2.75) is 44.9 Å². The molecule has 0 saturated heterocycles. The molecule has 3 rings (SSSR count). The average Bonchev–Trinajstić information content (AvgIpc) is 2.37. The van der Waals surface area contributed by atoms with Crippen LogP contribution >= 0.6 is 11.6 Å². The van der Waals surface area contributed by atoms with Crippen molar-refractivity contribution < 1.29 is 0 Å². The first-order valence-electron chi connectivity index (χ1n) is 7.70. The Labute approximate surface area is 131 Å². The predicted octanol–water partition coefficient (Wildman–Crippen LogP) is 4.80. The van der Waals surface area contributed by atoms with Crippen LogP contribution in [0.5, 0.6) is 0 Å². The summed E-state index contributed by atoms with van der Waals surface area (Å²) in [5, 5.41) is 0.567. The highest BCUT2D eigenvalue weighted by molar-refractivity contribution is 6.29. The molecule has 0 unspecified atom stereocenters. The van der Waals surface area contributed by atoms with Gasteiger partial charge in [0, 0.05) is 5.69 Å². The van der Waals surface area contributed by atoms with E-state index in [-0.39, 0.29) is 5.41 Å².